The first-order chi connectivity index (χ1) is 11.6. The maximum absolute atomic E-state index is 2.73. The van der Waals surface area contributed by atoms with E-state index in [1.807, 2.05) is 5.57 Å². The van der Waals surface area contributed by atoms with Crippen LogP contribution in [0.2, 0.25) is 0 Å². The summed E-state index contributed by atoms with van der Waals surface area (Å²) >= 11 is 0. The van der Waals surface area contributed by atoms with E-state index in [1.165, 1.54) is 51.4 Å². The van der Waals surface area contributed by atoms with E-state index in [4.69, 9.17) is 0 Å². The summed E-state index contributed by atoms with van der Waals surface area (Å²) in [6.07, 6.45) is 16.7. The molecule has 0 saturated heterocycles. The first-order valence-corrected chi connectivity index (χ1v) is 11.0. The van der Waals surface area contributed by atoms with Gasteiger partial charge in [0.25, 0.3) is 0 Å². The summed E-state index contributed by atoms with van der Waals surface area (Å²) < 4.78 is 0. The van der Waals surface area contributed by atoms with Crippen LogP contribution >= 0.6 is 0 Å². The summed E-state index contributed by atoms with van der Waals surface area (Å²) in [5.74, 6) is 3.76. The Morgan fingerprint density at radius 3 is 2.40 bits per heavy atom. The van der Waals surface area contributed by atoms with Gasteiger partial charge in [0.15, 0.2) is 0 Å². The van der Waals surface area contributed by atoms with Crippen LogP contribution in [0.5, 0.6) is 0 Å². The predicted octanol–water partition coefficient (Wildman–Crippen LogP) is 7.56. The zero-order valence-electron chi connectivity index (χ0n) is 17.6. The Hall–Kier alpha value is -0.520. The molecule has 4 rings (SSSR count). The highest BCUT2D eigenvalue weighted by Crippen LogP contribution is 2.65. The molecule has 140 valence electrons. The zero-order chi connectivity index (χ0) is 18.0. The van der Waals surface area contributed by atoms with Crippen molar-refractivity contribution < 1.29 is 0 Å². The molecule has 0 bridgehead atoms. The van der Waals surface area contributed by atoms with Crippen LogP contribution in [0.15, 0.2) is 23.3 Å². The molecule has 0 nitrogen and oxygen atoms in total. The molecule has 0 spiro atoms. The van der Waals surface area contributed by atoms with Gasteiger partial charge in [-0.1, -0.05) is 57.9 Å². The molecule has 2 saturated carbocycles. The predicted molar refractivity (Wildman–Crippen MR) is 108 cm³/mol. The molecule has 0 aromatic rings. The molecule has 0 aliphatic heterocycles. The fraction of sp³-hybridized carbons (Fsp3) is 0.840. The molecular formula is C25H40. The summed E-state index contributed by atoms with van der Waals surface area (Å²) in [5, 5.41) is 0. The van der Waals surface area contributed by atoms with E-state index in [-0.39, 0.29) is 0 Å². The van der Waals surface area contributed by atoms with E-state index in [0.717, 1.165) is 23.7 Å². The molecule has 6 atom stereocenters. The third-order valence-corrected chi connectivity index (χ3v) is 9.08. The van der Waals surface area contributed by atoms with E-state index in [0.29, 0.717) is 16.2 Å². The normalized spacial score (nSPS) is 46.6. The molecule has 2 fully saturated rings. The van der Waals surface area contributed by atoms with Gasteiger partial charge >= 0.3 is 0 Å². The second-order valence-corrected chi connectivity index (χ2v) is 11.7. The highest BCUT2D eigenvalue weighted by Gasteiger charge is 2.55. The SMILES string of the molecule is CC1=CCC2C3CC=C4C[C@@H](CC(C)(C)C)CCC4(C)C3CCC12C. The molecule has 0 radical (unpaired) electrons. The van der Waals surface area contributed by atoms with E-state index in [9.17, 15) is 0 Å². The van der Waals surface area contributed by atoms with Crippen molar-refractivity contribution in [1.29, 1.82) is 0 Å². The summed E-state index contributed by atoms with van der Waals surface area (Å²) in [6.45, 7) is 14.9. The summed E-state index contributed by atoms with van der Waals surface area (Å²) in [6, 6.07) is 0. The zero-order valence-corrected chi connectivity index (χ0v) is 17.6. The standard InChI is InChI=1S/C25H40/c1-17-7-10-21-20-9-8-19-15-18(16-23(2,3)4)11-13-25(19,6)22(20)12-14-24(17,21)5/h7-8,18,20-22H,9-16H2,1-6H3/t18-,20?,21?,22?,24?,25?/m0/s1. The van der Waals surface area contributed by atoms with Gasteiger partial charge < -0.3 is 0 Å². The third kappa shape index (κ3) is 2.78. The Balaban J connectivity index is 1.57. The molecule has 4 aliphatic carbocycles. The van der Waals surface area contributed by atoms with Gasteiger partial charge in [0, 0.05) is 0 Å². The van der Waals surface area contributed by atoms with Gasteiger partial charge in [-0.2, -0.15) is 0 Å². The Labute approximate surface area is 156 Å². The van der Waals surface area contributed by atoms with Gasteiger partial charge in [0.05, 0.1) is 0 Å². The van der Waals surface area contributed by atoms with Crippen LogP contribution < -0.4 is 0 Å². The highest BCUT2D eigenvalue weighted by molar-refractivity contribution is 5.29. The molecule has 0 amide bonds. The smallest absolute Gasteiger partial charge is 0.00850 e. The van der Waals surface area contributed by atoms with Crippen LogP contribution in [-0.4, -0.2) is 0 Å². The molecule has 0 heterocycles. The van der Waals surface area contributed by atoms with E-state index in [1.54, 1.807) is 5.57 Å². The minimum Gasteiger partial charge on any atom is -0.0847 e. The molecule has 0 N–H and O–H groups in total. The number of allylic oxidation sites excluding steroid dienone is 4. The monoisotopic (exact) mass is 340 g/mol. The number of hydrogen-bond acceptors (Lipinski definition) is 0. The Morgan fingerprint density at radius 1 is 0.960 bits per heavy atom. The Morgan fingerprint density at radius 2 is 1.68 bits per heavy atom. The van der Waals surface area contributed by atoms with Gasteiger partial charge in [-0.15, -0.1) is 0 Å². The van der Waals surface area contributed by atoms with Crippen molar-refractivity contribution >= 4 is 0 Å². The van der Waals surface area contributed by atoms with Gasteiger partial charge in [0.1, 0.15) is 0 Å². The minimum atomic E-state index is 0.482. The molecule has 0 aromatic heterocycles. The van der Waals surface area contributed by atoms with E-state index in [2.05, 4.69) is 53.7 Å². The van der Waals surface area contributed by atoms with Crippen molar-refractivity contribution in [1.82, 2.24) is 0 Å². The van der Waals surface area contributed by atoms with Gasteiger partial charge in [0.2, 0.25) is 0 Å². The first kappa shape index (κ1) is 17.9. The van der Waals surface area contributed by atoms with Crippen molar-refractivity contribution in [3.05, 3.63) is 23.3 Å². The lowest BCUT2D eigenvalue weighted by atomic mass is 9.47. The number of rotatable bonds is 1. The number of hydrogen-bond donors (Lipinski definition) is 0. The molecule has 0 aromatic carbocycles. The number of fused-ring (bicyclic) bond motifs is 5. The largest absolute Gasteiger partial charge is 0.0847 e. The first-order valence-electron chi connectivity index (χ1n) is 11.0. The maximum atomic E-state index is 2.73. The van der Waals surface area contributed by atoms with Crippen LogP contribution in [0.1, 0.15) is 92.9 Å². The summed E-state index contributed by atoms with van der Waals surface area (Å²) in [5.41, 5.74) is 5.09. The molecule has 5 unspecified atom stereocenters. The third-order valence-electron chi connectivity index (χ3n) is 9.08. The second kappa shape index (κ2) is 5.74. The maximum Gasteiger partial charge on any atom is -0.00850 e. The molecule has 0 heteroatoms. The fourth-order valence-corrected chi connectivity index (χ4v) is 7.56. The van der Waals surface area contributed by atoms with Crippen LogP contribution in [0, 0.1) is 39.9 Å². The molecule has 4 aliphatic rings. The van der Waals surface area contributed by atoms with Crippen molar-refractivity contribution in [3.8, 4) is 0 Å². The topological polar surface area (TPSA) is 0 Å². The lowest BCUT2D eigenvalue weighted by molar-refractivity contribution is -0.0226. The fourth-order valence-electron chi connectivity index (χ4n) is 7.56. The lowest BCUT2D eigenvalue weighted by Gasteiger charge is -2.58. The average Bonchev–Trinajstić information content (AvgIpc) is 2.82. The lowest BCUT2D eigenvalue weighted by Crippen LogP contribution is -2.49. The molecular weight excluding hydrogens is 300 g/mol. The summed E-state index contributed by atoms with van der Waals surface area (Å²) in [4.78, 5) is 0. The Bertz CT molecular complexity index is 600. The van der Waals surface area contributed by atoms with Crippen LogP contribution in [0.25, 0.3) is 0 Å². The highest BCUT2D eigenvalue weighted by atomic mass is 14.6. The summed E-state index contributed by atoms with van der Waals surface area (Å²) in [7, 11) is 0. The van der Waals surface area contributed by atoms with Crippen LogP contribution in [0.3, 0.4) is 0 Å². The van der Waals surface area contributed by atoms with E-state index >= 15 is 0 Å². The van der Waals surface area contributed by atoms with Crippen LogP contribution in [-0.2, 0) is 0 Å². The Kier molecular flexibility index (Phi) is 4.10. The van der Waals surface area contributed by atoms with Gasteiger partial charge in [-0.05, 0) is 98.2 Å². The van der Waals surface area contributed by atoms with Gasteiger partial charge in [-0.25, -0.2) is 0 Å². The van der Waals surface area contributed by atoms with Crippen molar-refractivity contribution in [2.45, 2.75) is 92.9 Å². The van der Waals surface area contributed by atoms with Gasteiger partial charge in [-0.3, -0.25) is 0 Å². The minimum absolute atomic E-state index is 0.482. The second-order valence-electron chi connectivity index (χ2n) is 11.7. The average molecular weight is 341 g/mol. The van der Waals surface area contributed by atoms with E-state index < -0.39 is 0 Å². The van der Waals surface area contributed by atoms with Crippen LogP contribution in [0.4, 0.5) is 0 Å². The van der Waals surface area contributed by atoms with Crippen molar-refractivity contribution in [2.24, 2.45) is 39.9 Å². The van der Waals surface area contributed by atoms with Crippen molar-refractivity contribution in [3.63, 3.8) is 0 Å². The quantitative estimate of drug-likeness (QED) is 0.432. The van der Waals surface area contributed by atoms with Crippen molar-refractivity contribution in [2.75, 3.05) is 0 Å². The molecule has 25 heavy (non-hydrogen) atoms.